The molecule has 0 radical (unpaired) electrons. The van der Waals surface area contributed by atoms with E-state index in [1.165, 1.54) is 23.3 Å². The zero-order valence-corrected chi connectivity index (χ0v) is 17.4. The highest BCUT2D eigenvalue weighted by atomic mass is 32.1. The van der Waals surface area contributed by atoms with Gasteiger partial charge in [-0.05, 0) is 68.0 Å². The minimum atomic E-state index is 0.362. The van der Waals surface area contributed by atoms with E-state index >= 15 is 0 Å². The van der Waals surface area contributed by atoms with E-state index in [0.29, 0.717) is 18.2 Å². The van der Waals surface area contributed by atoms with Crippen LogP contribution in [0, 0.1) is 6.92 Å². The van der Waals surface area contributed by atoms with E-state index in [1.54, 1.807) is 22.2 Å². The summed E-state index contributed by atoms with van der Waals surface area (Å²) < 4.78 is 13.6. The summed E-state index contributed by atoms with van der Waals surface area (Å²) in [5.41, 5.74) is 3.44. The van der Waals surface area contributed by atoms with Gasteiger partial charge in [-0.25, -0.2) is 14.5 Å². The van der Waals surface area contributed by atoms with Gasteiger partial charge in [-0.3, -0.25) is 0 Å². The van der Waals surface area contributed by atoms with Gasteiger partial charge in [0.2, 0.25) is 5.82 Å². The number of rotatable bonds is 4. The lowest BCUT2D eigenvalue weighted by Crippen LogP contribution is -1.99. The summed E-state index contributed by atoms with van der Waals surface area (Å²) >= 11 is 1.80. The van der Waals surface area contributed by atoms with E-state index in [4.69, 9.17) is 14.1 Å². The minimum absolute atomic E-state index is 0.362. The van der Waals surface area contributed by atoms with Crippen molar-refractivity contribution in [1.29, 1.82) is 0 Å². The van der Waals surface area contributed by atoms with E-state index in [9.17, 15) is 0 Å². The van der Waals surface area contributed by atoms with Crippen molar-refractivity contribution >= 4 is 27.2 Å². The van der Waals surface area contributed by atoms with E-state index in [1.807, 2.05) is 43.3 Å². The zero-order chi connectivity index (χ0) is 20.1. The molecule has 0 N–H and O–H groups in total. The predicted molar refractivity (Wildman–Crippen MR) is 116 cm³/mol. The van der Waals surface area contributed by atoms with Gasteiger partial charge in [-0.1, -0.05) is 12.1 Å². The maximum Gasteiger partial charge on any atom is 0.217 e. The number of ether oxygens (including phenoxy) is 1. The monoisotopic (exact) mass is 416 g/mol. The fourth-order valence-electron chi connectivity index (χ4n) is 4.09. The van der Waals surface area contributed by atoms with Crippen molar-refractivity contribution in [1.82, 2.24) is 19.6 Å². The highest BCUT2D eigenvalue weighted by Crippen LogP contribution is 2.37. The highest BCUT2D eigenvalue weighted by molar-refractivity contribution is 7.19. The Balaban J connectivity index is 1.32. The van der Waals surface area contributed by atoms with Crippen LogP contribution in [-0.2, 0) is 19.4 Å². The van der Waals surface area contributed by atoms with Crippen molar-refractivity contribution in [2.45, 2.75) is 39.2 Å². The number of fused-ring (bicyclic) bond motifs is 5. The summed E-state index contributed by atoms with van der Waals surface area (Å²) in [6.07, 6.45) is 6.48. The molecule has 0 unspecified atom stereocenters. The Hall–Kier alpha value is -3.19. The van der Waals surface area contributed by atoms with E-state index in [0.717, 1.165) is 45.8 Å². The maximum atomic E-state index is 5.98. The molecule has 0 spiro atoms. The molecule has 5 aromatic rings. The number of furan rings is 1. The van der Waals surface area contributed by atoms with E-state index < -0.39 is 0 Å². The number of aryl methyl sites for hydroxylation is 3. The number of hydrogen-bond acceptors (Lipinski definition) is 6. The molecule has 0 saturated carbocycles. The molecule has 1 aliphatic rings. The van der Waals surface area contributed by atoms with Crippen LogP contribution in [0.1, 0.15) is 34.6 Å². The summed E-state index contributed by atoms with van der Waals surface area (Å²) in [7, 11) is 0. The average Bonchev–Trinajstić information content (AvgIpc) is 3.47. The predicted octanol–water partition coefficient (Wildman–Crippen LogP) is 5.37. The SMILES string of the molecule is Cc1cccc(OCc2ccc(-c3nc4c5c6c(sc5ncn4n3)CCCC6)o2)c1. The maximum absolute atomic E-state index is 5.98. The highest BCUT2D eigenvalue weighted by Gasteiger charge is 2.21. The third-order valence-electron chi connectivity index (χ3n) is 5.54. The first-order chi connectivity index (χ1) is 14.7. The lowest BCUT2D eigenvalue weighted by atomic mass is 9.97. The molecule has 30 heavy (non-hydrogen) atoms. The van der Waals surface area contributed by atoms with E-state index in [-0.39, 0.29) is 0 Å². The molecule has 0 aliphatic heterocycles. The number of aromatic nitrogens is 4. The van der Waals surface area contributed by atoms with Crippen molar-refractivity contribution in [2.24, 2.45) is 0 Å². The average molecular weight is 417 g/mol. The molecule has 1 aromatic carbocycles. The van der Waals surface area contributed by atoms with Crippen LogP contribution >= 0.6 is 11.3 Å². The number of benzene rings is 1. The van der Waals surface area contributed by atoms with Gasteiger partial charge in [0.05, 0.1) is 5.39 Å². The van der Waals surface area contributed by atoms with Crippen LogP contribution in [0.2, 0.25) is 0 Å². The molecule has 6 rings (SSSR count). The van der Waals surface area contributed by atoms with Gasteiger partial charge in [0, 0.05) is 4.88 Å². The Morgan fingerprint density at radius 1 is 1.17 bits per heavy atom. The molecular weight excluding hydrogens is 396 g/mol. The Morgan fingerprint density at radius 2 is 2.10 bits per heavy atom. The minimum Gasteiger partial charge on any atom is -0.486 e. The molecule has 6 nitrogen and oxygen atoms in total. The molecular formula is C23H20N4O2S. The molecule has 4 heterocycles. The first kappa shape index (κ1) is 17.7. The van der Waals surface area contributed by atoms with Crippen molar-refractivity contribution < 1.29 is 9.15 Å². The first-order valence-corrected chi connectivity index (χ1v) is 11.0. The fourth-order valence-corrected chi connectivity index (χ4v) is 5.32. The molecule has 150 valence electrons. The standard InChI is InChI=1S/C23H20N4O2S/c1-14-5-4-6-15(11-14)28-12-16-9-10-18(29-16)21-25-22-20-17-7-2-3-8-19(17)30-23(20)24-13-27(22)26-21/h4-6,9-11,13H,2-3,7-8,12H2,1H3. The molecule has 0 bridgehead atoms. The van der Waals surface area contributed by atoms with Crippen LogP contribution < -0.4 is 4.74 Å². The van der Waals surface area contributed by atoms with Crippen molar-refractivity contribution in [3.8, 4) is 17.3 Å². The summed E-state index contributed by atoms with van der Waals surface area (Å²) in [5.74, 6) is 2.77. The third-order valence-corrected chi connectivity index (χ3v) is 6.74. The smallest absolute Gasteiger partial charge is 0.217 e. The second-order valence-electron chi connectivity index (χ2n) is 7.71. The van der Waals surface area contributed by atoms with Crippen LogP contribution in [-0.4, -0.2) is 19.6 Å². The van der Waals surface area contributed by atoms with E-state index in [2.05, 4.69) is 10.1 Å². The summed E-state index contributed by atoms with van der Waals surface area (Å²) in [6.45, 7) is 2.41. The van der Waals surface area contributed by atoms with Crippen LogP contribution in [0.5, 0.6) is 5.75 Å². The van der Waals surface area contributed by atoms with Gasteiger partial charge >= 0.3 is 0 Å². The van der Waals surface area contributed by atoms with Gasteiger partial charge in [0.15, 0.2) is 11.4 Å². The molecule has 0 atom stereocenters. The van der Waals surface area contributed by atoms with Crippen LogP contribution in [0.3, 0.4) is 0 Å². The summed E-state index contributed by atoms with van der Waals surface area (Å²) in [4.78, 5) is 12.0. The molecule has 0 amide bonds. The second kappa shape index (κ2) is 6.95. The molecule has 1 aliphatic carbocycles. The largest absolute Gasteiger partial charge is 0.486 e. The molecule has 7 heteroatoms. The van der Waals surface area contributed by atoms with Crippen molar-refractivity contribution in [3.05, 3.63) is 64.5 Å². The van der Waals surface area contributed by atoms with Gasteiger partial charge < -0.3 is 9.15 Å². The van der Waals surface area contributed by atoms with Crippen LogP contribution in [0.15, 0.2) is 47.1 Å². The Labute approximate surface area is 177 Å². The van der Waals surface area contributed by atoms with Crippen LogP contribution in [0.25, 0.3) is 27.4 Å². The Bertz CT molecular complexity index is 1380. The number of nitrogens with zero attached hydrogens (tertiary/aromatic N) is 4. The third kappa shape index (κ3) is 2.97. The van der Waals surface area contributed by atoms with Gasteiger partial charge in [0.1, 0.15) is 29.3 Å². The van der Waals surface area contributed by atoms with Gasteiger partial charge in [0.25, 0.3) is 0 Å². The Morgan fingerprint density at radius 3 is 3.03 bits per heavy atom. The number of thiophene rings is 1. The summed E-state index contributed by atoms with van der Waals surface area (Å²) in [6, 6.07) is 11.8. The fraction of sp³-hybridized carbons (Fsp3) is 0.261. The normalized spacial score (nSPS) is 13.8. The first-order valence-electron chi connectivity index (χ1n) is 10.2. The zero-order valence-electron chi connectivity index (χ0n) is 16.6. The van der Waals surface area contributed by atoms with Crippen molar-refractivity contribution in [2.75, 3.05) is 0 Å². The molecule has 0 fully saturated rings. The van der Waals surface area contributed by atoms with Gasteiger partial charge in [-0.2, -0.15) is 0 Å². The lowest BCUT2D eigenvalue weighted by molar-refractivity contribution is 0.271. The second-order valence-corrected chi connectivity index (χ2v) is 8.79. The topological polar surface area (TPSA) is 65.5 Å². The lowest BCUT2D eigenvalue weighted by Gasteiger charge is -2.09. The number of hydrogen-bond donors (Lipinski definition) is 0. The quantitative estimate of drug-likeness (QED) is 0.394. The molecule has 0 saturated heterocycles. The van der Waals surface area contributed by atoms with Gasteiger partial charge in [-0.15, -0.1) is 16.4 Å². The summed E-state index contributed by atoms with van der Waals surface area (Å²) in [5, 5.41) is 5.78. The Kier molecular flexibility index (Phi) is 4.09. The molecule has 4 aromatic heterocycles. The van der Waals surface area contributed by atoms with Crippen LogP contribution in [0.4, 0.5) is 0 Å². The van der Waals surface area contributed by atoms with Crippen molar-refractivity contribution in [3.63, 3.8) is 0 Å².